The van der Waals surface area contributed by atoms with Crippen LogP contribution in [0.25, 0.3) is 0 Å². The molecule has 0 spiro atoms. The molecule has 0 radical (unpaired) electrons. The molecule has 3 fully saturated rings. The standard InChI is InChI=1S/C18H30N2O2/c1-11-8-15(11)17(21)19-14-6-4-13(5-7-14)10-20(3)18(22)16-9-12(16)2/h11-16H,4-10H2,1-3H3,(H,19,21)/t11-,12-,13?,14?,15+,16+/m1/s1. The van der Waals surface area contributed by atoms with E-state index in [2.05, 4.69) is 19.2 Å². The second-order valence-corrected chi connectivity index (χ2v) is 8.08. The third-order valence-electron chi connectivity index (χ3n) is 5.97. The van der Waals surface area contributed by atoms with Gasteiger partial charge < -0.3 is 10.2 Å². The van der Waals surface area contributed by atoms with Gasteiger partial charge in [0, 0.05) is 31.5 Å². The highest BCUT2D eigenvalue weighted by atomic mass is 16.2. The Balaban J connectivity index is 1.36. The largest absolute Gasteiger partial charge is 0.353 e. The zero-order valence-electron chi connectivity index (χ0n) is 14.2. The topological polar surface area (TPSA) is 49.4 Å². The molecule has 3 saturated carbocycles. The normalized spacial score (nSPS) is 40.0. The first-order valence-electron chi connectivity index (χ1n) is 9.01. The molecule has 4 atom stereocenters. The van der Waals surface area contributed by atoms with Crippen LogP contribution in [0.2, 0.25) is 0 Å². The molecular formula is C18H30N2O2. The predicted molar refractivity (Wildman–Crippen MR) is 86.1 cm³/mol. The van der Waals surface area contributed by atoms with E-state index >= 15 is 0 Å². The quantitative estimate of drug-likeness (QED) is 0.848. The van der Waals surface area contributed by atoms with Crippen LogP contribution in [-0.4, -0.2) is 36.3 Å². The van der Waals surface area contributed by atoms with Crippen LogP contribution in [0.5, 0.6) is 0 Å². The molecule has 2 amide bonds. The van der Waals surface area contributed by atoms with Crippen LogP contribution in [0.1, 0.15) is 52.4 Å². The van der Waals surface area contributed by atoms with Gasteiger partial charge in [-0.25, -0.2) is 0 Å². The van der Waals surface area contributed by atoms with E-state index in [1.54, 1.807) is 0 Å². The van der Waals surface area contributed by atoms with Gasteiger partial charge in [0.2, 0.25) is 11.8 Å². The van der Waals surface area contributed by atoms with E-state index in [1.165, 1.54) is 0 Å². The van der Waals surface area contributed by atoms with Gasteiger partial charge >= 0.3 is 0 Å². The van der Waals surface area contributed by atoms with Crippen LogP contribution < -0.4 is 5.32 Å². The van der Waals surface area contributed by atoms with Gasteiger partial charge in [0.25, 0.3) is 0 Å². The Morgan fingerprint density at radius 3 is 2.05 bits per heavy atom. The van der Waals surface area contributed by atoms with Gasteiger partial charge in [0.05, 0.1) is 0 Å². The molecule has 4 heteroatoms. The lowest BCUT2D eigenvalue weighted by atomic mass is 9.85. The van der Waals surface area contributed by atoms with E-state index in [0.717, 1.165) is 45.1 Å². The molecule has 3 aliphatic rings. The Morgan fingerprint density at radius 1 is 1.00 bits per heavy atom. The third kappa shape index (κ3) is 3.64. The fraction of sp³-hybridized carbons (Fsp3) is 0.889. The second kappa shape index (κ2) is 6.21. The van der Waals surface area contributed by atoms with Crippen molar-refractivity contribution in [3.05, 3.63) is 0 Å². The molecule has 0 aliphatic heterocycles. The van der Waals surface area contributed by atoms with Gasteiger partial charge in [-0.15, -0.1) is 0 Å². The average molecular weight is 306 g/mol. The van der Waals surface area contributed by atoms with Crippen molar-refractivity contribution in [1.29, 1.82) is 0 Å². The summed E-state index contributed by atoms with van der Waals surface area (Å²) in [6, 6.07) is 0.362. The van der Waals surface area contributed by atoms with Crippen LogP contribution in [0.15, 0.2) is 0 Å². The lowest BCUT2D eigenvalue weighted by Gasteiger charge is -2.32. The second-order valence-electron chi connectivity index (χ2n) is 8.08. The molecule has 3 rings (SSSR count). The van der Waals surface area contributed by atoms with Crippen molar-refractivity contribution in [2.24, 2.45) is 29.6 Å². The van der Waals surface area contributed by atoms with Crippen LogP contribution in [0.4, 0.5) is 0 Å². The summed E-state index contributed by atoms with van der Waals surface area (Å²) in [5.74, 6) is 2.96. The first-order chi connectivity index (χ1) is 10.5. The van der Waals surface area contributed by atoms with Crippen LogP contribution in [-0.2, 0) is 9.59 Å². The lowest BCUT2D eigenvalue weighted by Crippen LogP contribution is -2.41. The minimum atomic E-state index is 0.269. The number of hydrogen-bond donors (Lipinski definition) is 1. The zero-order valence-corrected chi connectivity index (χ0v) is 14.2. The van der Waals surface area contributed by atoms with Crippen molar-refractivity contribution in [3.63, 3.8) is 0 Å². The molecular weight excluding hydrogens is 276 g/mol. The highest BCUT2D eigenvalue weighted by Gasteiger charge is 2.41. The third-order valence-corrected chi connectivity index (χ3v) is 5.97. The van der Waals surface area contributed by atoms with Crippen molar-refractivity contribution >= 4 is 11.8 Å². The van der Waals surface area contributed by atoms with E-state index in [0.29, 0.717) is 35.6 Å². The summed E-state index contributed by atoms with van der Waals surface area (Å²) in [5.41, 5.74) is 0. The van der Waals surface area contributed by atoms with Gasteiger partial charge in [-0.1, -0.05) is 13.8 Å². The Hall–Kier alpha value is -1.06. The highest BCUT2D eigenvalue weighted by molar-refractivity contribution is 5.82. The Kier molecular flexibility index (Phi) is 4.47. The number of carbonyl (C=O) groups is 2. The fourth-order valence-corrected chi connectivity index (χ4v) is 3.91. The van der Waals surface area contributed by atoms with E-state index in [1.807, 2.05) is 11.9 Å². The van der Waals surface area contributed by atoms with Crippen LogP contribution in [0, 0.1) is 29.6 Å². The van der Waals surface area contributed by atoms with E-state index in [4.69, 9.17) is 0 Å². The predicted octanol–water partition coefficient (Wildman–Crippen LogP) is 2.43. The van der Waals surface area contributed by atoms with Crippen LogP contribution >= 0.6 is 0 Å². The fourth-order valence-electron chi connectivity index (χ4n) is 3.91. The monoisotopic (exact) mass is 306 g/mol. The molecule has 0 heterocycles. The summed E-state index contributed by atoms with van der Waals surface area (Å²) in [6.07, 6.45) is 6.53. The minimum absolute atomic E-state index is 0.269. The molecule has 0 aromatic heterocycles. The van der Waals surface area contributed by atoms with Crippen molar-refractivity contribution in [1.82, 2.24) is 10.2 Å². The Labute approximate surface area is 134 Å². The summed E-state index contributed by atoms with van der Waals surface area (Å²) in [7, 11) is 1.95. The molecule has 124 valence electrons. The summed E-state index contributed by atoms with van der Waals surface area (Å²) in [6.45, 7) is 5.20. The SMILES string of the molecule is C[C@@H]1C[C@@H]1C(=O)NC1CCC(CN(C)C(=O)[C@H]2C[C@H]2C)CC1. The van der Waals surface area contributed by atoms with E-state index in [9.17, 15) is 9.59 Å². The number of amides is 2. The molecule has 0 aromatic rings. The smallest absolute Gasteiger partial charge is 0.225 e. The summed E-state index contributed by atoms with van der Waals surface area (Å²) >= 11 is 0. The van der Waals surface area contributed by atoms with E-state index in [-0.39, 0.29) is 11.8 Å². The molecule has 0 aromatic carbocycles. The maximum absolute atomic E-state index is 12.2. The molecule has 4 nitrogen and oxygen atoms in total. The first kappa shape index (κ1) is 15.8. The van der Waals surface area contributed by atoms with Crippen molar-refractivity contribution in [2.75, 3.05) is 13.6 Å². The maximum Gasteiger partial charge on any atom is 0.225 e. The van der Waals surface area contributed by atoms with Crippen LogP contribution in [0.3, 0.4) is 0 Å². The number of nitrogens with one attached hydrogen (secondary N) is 1. The minimum Gasteiger partial charge on any atom is -0.353 e. The number of hydrogen-bond acceptors (Lipinski definition) is 2. The molecule has 0 bridgehead atoms. The number of nitrogens with zero attached hydrogens (tertiary/aromatic N) is 1. The zero-order chi connectivity index (χ0) is 15.9. The van der Waals surface area contributed by atoms with Gasteiger partial charge in [0.1, 0.15) is 0 Å². The van der Waals surface area contributed by atoms with Gasteiger partial charge in [-0.3, -0.25) is 9.59 Å². The molecule has 0 unspecified atom stereocenters. The maximum atomic E-state index is 12.2. The highest BCUT2D eigenvalue weighted by Crippen LogP contribution is 2.40. The van der Waals surface area contributed by atoms with Gasteiger partial charge in [0.15, 0.2) is 0 Å². The lowest BCUT2D eigenvalue weighted by molar-refractivity contribution is -0.132. The van der Waals surface area contributed by atoms with Gasteiger partial charge in [-0.05, 0) is 56.3 Å². The first-order valence-corrected chi connectivity index (χ1v) is 9.01. The summed E-state index contributed by atoms with van der Waals surface area (Å²) in [4.78, 5) is 26.1. The summed E-state index contributed by atoms with van der Waals surface area (Å²) in [5, 5.41) is 3.22. The molecule has 0 saturated heterocycles. The molecule has 22 heavy (non-hydrogen) atoms. The average Bonchev–Trinajstić information content (AvgIpc) is 3.38. The van der Waals surface area contributed by atoms with Crippen molar-refractivity contribution in [3.8, 4) is 0 Å². The van der Waals surface area contributed by atoms with E-state index < -0.39 is 0 Å². The Bertz CT molecular complexity index is 442. The van der Waals surface area contributed by atoms with Crippen molar-refractivity contribution < 1.29 is 9.59 Å². The van der Waals surface area contributed by atoms with Crippen molar-refractivity contribution in [2.45, 2.75) is 58.4 Å². The van der Waals surface area contributed by atoms with Gasteiger partial charge in [-0.2, -0.15) is 0 Å². The molecule has 1 N–H and O–H groups in total. The Morgan fingerprint density at radius 2 is 1.55 bits per heavy atom. The summed E-state index contributed by atoms with van der Waals surface area (Å²) < 4.78 is 0. The molecule has 3 aliphatic carbocycles. The number of rotatable bonds is 5. The number of carbonyl (C=O) groups excluding carboxylic acids is 2.